The number of hydrogen-bond acceptors (Lipinski definition) is 6. The number of carboxylic acids is 1. The molecule has 0 radical (unpaired) electrons. The second-order valence-corrected chi connectivity index (χ2v) is 5.72. The van der Waals surface area contributed by atoms with E-state index in [0.717, 1.165) is 0 Å². The molecule has 2 rings (SSSR count). The molecule has 7 nitrogen and oxygen atoms in total. The molecule has 0 fully saturated rings. The van der Waals surface area contributed by atoms with Gasteiger partial charge in [-0.3, -0.25) is 0 Å². The van der Waals surface area contributed by atoms with Gasteiger partial charge in [-0.15, -0.1) is 0 Å². The molecule has 0 spiro atoms. The summed E-state index contributed by atoms with van der Waals surface area (Å²) in [5.41, 5.74) is 0.839. The number of aromatic hydroxyl groups is 4. The van der Waals surface area contributed by atoms with Crippen molar-refractivity contribution in [3.05, 3.63) is 59.2 Å². The number of carbonyl (C=O) groups is 1. The lowest BCUT2D eigenvalue weighted by Crippen LogP contribution is -2.23. The van der Waals surface area contributed by atoms with Crippen LogP contribution in [0.1, 0.15) is 11.1 Å². The third-order valence-electron chi connectivity index (χ3n) is 3.96. The van der Waals surface area contributed by atoms with Gasteiger partial charge in [0.05, 0.1) is 11.7 Å². The maximum absolute atomic E-state index is 11.6. The molecule has 0 aliphatic rings. The quantitative estimate of drug-likeness (QED) is 0.479. The molecule has 0 aliphatic carbocycles. The first-order chi connectivity index (χ1) is 12.3. The van der Waals surface area contributed by atoms with Crippen LogP contribution in [-0.2, 0) is 22.4 Å². The van der Waals surface area contributed by atoms with E-state index in [1.54, 1.807) is 0 Å². The van der Waals surface area contributed by atoms with Gasteiger partial charge in [0.2, 0.25) is 0 Å². The maximum Gasteiger partial charge on any atom is 0.333 e. The fourth-order valence-electron chi connectivity index (χ4n) is 2.55. The molecular formula is C19H20O7. The second-order valence-electron chi connectivity index (χ2n) is 5.72. The summed E-state index contributed by atoms with van der Waals surface area (Å²) in [7, 11) is 1.36. The number of ether oxygens (including phenoxy) is 1. The van der Waals surface area contributed by atoms with E-state index in [4.69, 9.17) is 4.74 Å². The minimum atomic E-state index is -1.19. The number of benzene rings is 2. The van der Waals surface area contributed by atoms with Gasteiger partial charge in [-0.25, -0.2) is 4.79 Å². The molecule has 1 unspecified atom stereocenters. The van der Waals surface area contributed by atoms with Gasteiger partial charge in [0.25, 0.3) is 0 Å². The predicted octanol–water partition coefficient (Wildman–Crippen LogP) is 2.32. The van der Waals surface area contributed by atoms with Crippen molar-refractivity contribution in [1.29, 1.82) is 0 Å². The summed E-state index contributed by atoms with van der Waals surface area (Å²) in [5.74, 6) is -1.68. The topological polar surface area (TPSA) is 127 Å². The molecule has 0 saturated heterocycles. The molecule has 2 aromatic rings. The monoisotopic (exact) mass is 360 g/mol. The van der Waals surface area contributed by atoms with E-state index in [9.17, 15) is 30.3 Å². The zero-order chi connectivity index (χ0) is 19.3. The number of aliphatic carboxylic acids is 1. The molecular weight excluding hydrogens is 340 g/mol. The summed E-state index contributed by atoms with van der Waals surface area (Å²) in [5, 5.41) is 47.9. The maximum atomic E-state index is 11.6. The zero-order valence-corrected chi connectivity index (χ0v) is 14.1. The third kappa shape index (κ3) is 4.67. The van der Waals surface area contributed by atoms with Gasteiger partial charge in [-0.1, -0.05) is 18.2 Å². The average Bonchev–Trinajstić information content (AvgIpc) is 2.57. The summed E-state index contributed by atoms with van der Waals surface area (Å²) >= 11 is 0. The standard InChI is InChI=1S/C19H20O7/c1-26-18(8-12-3-6-14(21)10-17(12)23)15(19(24)25)7-4-11-2-5-13(20)9-16(11)22/h2-3,5-7,9-10,18,20-23H,4,8H2,1H3,(H,24,25)/b15-7-. The van der Waals surface area contributed by atoms with Crippen molar-refractivity contribution in [1.82, 2.24) is 0 Å². The lowest BCUT2D eigenvalue weighted by Gasteiger charge is -2.17. The van der Waals surface area contributed by atoms with Crippen molar-refractivity contribution < 1.29 is 35.1 Å². The number of allylic oxidation sites excluding steroid dienone is 1. The van der Waals surface area contributed by atoms with Crippen LogP contribution >= 0.6 is 0 Å². The first-order valence-corrected chi connectivity index (χ1v) is 7.79. The smallest absolute Gasteiger partial charge is 0.333 e. The number of phenolic OH excluding ortho intramolecular Hbond substituents is 4. The Bertz CT molecular complexity index is 827. The van der Waals surface area contributed by atoms with Crippen LogP contribution in [0, 0.1) is 0 Å². The fraction of sp³-hybridized carbons (Fsp3) is 0.211. The van der Waals surface area contributed by atoms with Crippen LogP contribution in [0.3, 0.4) is 0 Å². The lowest BCUT2D eigenvalue weighted by molar-refractivity contribution is -0.134. The first-order valence-electron chi connectivity index (χ1n) is 7.79. The molecule has 7 heteroatoms. The Kier molecular flexibility index (Phi) is 6.08. The predicted molar refractivity (Wildman–Crippen MR) is 93.5 cm³/mol. The van der Waals surface area contributed by atoms with Crippen LogP contribution in [0.2, 0.25) is 0 Å². The summed E-state index contributed by atoms with van der Waals surface area (Å²) in [6.45, 7) is 0. The van der Waals surface area contributed by atoms with E-state index in [-0.39, 0.29) is 41.4 Å². The van der Waals surface area contributed by atoms with Crippen LogP contribution in [0.4, 0.5) is 0 Å². The molecule has 0 bridgehead atoms. The Hall–Kier alpha value is -3.19. The summed E-state index contributed by atoms with van der Waals surface area (Å²) in [6, 6.07) is 8.11. The highest BCUT2D eigenvalue weighted by Crippen LogP contribution is 2.27. The number of methoxy groups -OCH3 is 1. The van der Waals surface area contributed by atoms with Gasteiger partial charge >= 0.3 is 5.97 Å². The van der Waals surface area contributed by atoms with Crippen LogP contribution in [-0.4, -0.2) is 44.7 Å². The minimum Gasteiger partial charge on any atom is -0.508 e. The minimum absolute atomic E-state index is 0.0348. The second kappa shape index (κ2) is 8.26. The van der Waals surface area contributed by atoms with Gasteiger partial charge in [-0.05, 0) is 29.7 Å². The fourth-order valence-corrected chi connectivity index (χ4v) is 2.55. The first kappa shape index (κ1) is 19.1. The molecule has 1 atom stereocenters. The van der Waals surface area contributed by atoms with E-state index < -0.39 is 12.1 Å². The SMILES string of the molecule is COC(Cc1ccc(O)cc1O)/C(=C/Cc1ccc(O)cc1O)C(=O)O. The van der Waals surface area contributed by atoms with E-state index >= 15 is 0 Å². The summed E-state index contributed by atoms with van der Waals surface area (Å²) in [6.07, 6.45) is 0.777. The highest BCUT2D eigenvalue weighted by molar-refractivity contribution is 5.88. The van der Waals surface area contributed by atoms with Crippen molar-refractivity contribution in [3.8, 4) is 23.0 Å². The summed E-state index contributed by atoms with van der Waals surface area (Å²) < 4.78 is 5.28. The molecule has 5 N–H and O–H groups in total. The molecule has 0 heterocycles. The molecule has 26 heavy (non-hydrogen) atoms. The molecule has 0 saturated carbocycles. The largest absolute Gasteiger partial charge is 0.508 e. The Morgan fingerprint density at radius 1 is 1.00 bits per heavy atom. The van der Waals surface area contributed by atoms with E-state index in [1.165, 1.54) is 49.6 Å². The Labute approximate surface area is 150 Å². The van der Waals surface area contributed by atoms with Crippen molar-refractivity contribution in [3.63, 3.8) is 0 Å². The van der Waals surface area contributed by atoms with E-state index in [1.807, 2.05) is 0 Å². The Morgan fingerprint density at radius 2 is 1.54 bits per heavy atom. The van der Waals surface area contributed by atoms with Gasteiger partial charge in [0.1, 0.15) is 23.0 Å². The zero-order valence-electron chi connectivity index (χ0n) is 14.1. The van der Waals surface area contributed by atoms with Gasteiger partial charge in [0, 0.05) is 25.7 Å². The number of phenols is 4. The van der Waals surface area contributed by atoms with Crippen molar-refractivity contribution >= 4 is 5.97 Å². The number of rotatable bonds is 7. The third-order valence-corrected chi connectivity index (χ3v) is 3.96. The van der Waals surface area contributed by atoms with E-state index in [2.05, 4.69) is 0 Å². The van der Waals surface area contributed by atoms with Crippen molar-refractivity contribution in [2.24, 2.45) is 0 Å². The van der Waals surface area contributed by atoms with Crippen LogP contribution in [0.15, 0.2) is 48.0 Å². The van der Waals surface area contributed by atoms with Gasteiger partial charge in [0.15, 0.2) is 0 Å². The van der Waals surface area contributed by atoms with Crippen LogP contribution in [0.5, 0.6) is 23.0 Å². The number of hydrogen-bond donors (Lipinski definition) is 5. The average molecular weight is 360 g/mol. The van der Waals surface area contributed by atoms with Gasteiger partial charge in [-0.2, -0.15) is 0 Å². The molecule has 0 aliphatic heterocycles. The van der Waals surface area contributed by atoms with Crippen LogP contribution < -0.4 is 0 Å². The normalized spacial score (nSPS) is 12.7. The molecule has 0 aromatic heterocycles. The van der Waals surface area contributed by atoms with Crippen molar-refractivity contribution in [2.45, 2.75) is 18.9 Å². The highest BCUT2D eigenvalue weighted by atomic mass is 16.5. The summed E-state index contributed by atoms with van der Waals surface area (Å²) in [4.78, 5) is 11.6. The van der Waals surface area contributed by atoms with Gasteiger partial charge < -0.3 is 30.3 Å². The molecule has 0 amide bonds. The van der Waals surface area contributed by atoms with E-state index in [0.29, 0.717) is 11.1 Å². The highest BCUT2D eigenvalue weighted by Gasteiger charge is 2.22. The lowest BCUT2D eigenvalue weighted by atomic mass is 9.98. The Balaban J connectivity index is 2.26. The number of carboxylic acid groups (broad SMARTS) is 1. The Morgan fingerprint density at radius 3 is 2.00 bits per heavy atom. The molecule has 2 aromatic carbocycles. The van der Waals surface area contributed by atoms with Crippen LogP contribution in [0.25, 0.3) is 0 Å². The molecule has 138 valence electrons. The van der Waals surface area contributed by atoms with Crippen molar-refractivity contribution in [2.75, 3.05) is 7.11 Å².